The van der Waals surface area contributed by atoms with Crippen LogP contribution in [-0.4, -0.2) is 23.5 Å². The number of rotatable bonds is 7. The first kappa shape index (κ1) is 18.1. The molecule has 0 saturated heterocycles. The van der Waals surface area contributed by atoms with Crippen LogP contribution in [-0.2, 0) is 22.0 Å². The number of amides is 1. The third-order valence-electron chi connectivity index (χ3n) is 3.54. The van der Waals surface area contributed by atoms with Crippen molar-refractivity contribution in [2.45, 2.75) is 24.2 Å². The Hall–Kier alpha value is -2.21. The van der Waals surface area contributed by atoms with Gasteiger partial charge < -0.3 is 10.1 Å². The molecule has 0 heterocycles. The summed E-state index contributed by atoms with van der Waals surface area (Å²) in [6.07, 6.45) is 3.13. The minimum atomic E-state index is -1.09. The molecule has 0 aliphatic rings. The maximum atomic E-state index is 13.6. The summed E-state index contributed by atoms with van der Waals surface area (Å²) in [5, 5.41) is 2.79. The van der Waals surface area contributed by atoms with Crippen LogP contribution in [0.25, 0.3) is 0 Å². The van der Waals surface area contributed by atoms with Crippen molar-refractivity contribution in [3.8, 4) is 5.75 Å². The number of methoxy groups -OCH3 is 1. The van der Waals surface area contributed by atoms with Gasteiger partial charge in [-0.1, -0.05) is 12.1 Å². The van der Waals surface area contributed by atoms with Gasteiger partial charge in [0.15, 0.2) is 11.6 Å². The van der Waals surface area contributed by atoms with E-state index >= 15 is 0 Å². The summed E-state index contributed by atoms with van der Waals surface area (Å²) in [7, 11) is 0.336. The summed E-state index contributed by atoms with van der Waals surface area (Å²) in [5.41, 5.74) is 1.45. The van der Waals surface area contributed by atoms with Crippen molar-refractivity contribution in [3.63, 3.8) is 0 Å². The van der Waals surface area contributed by atoms with E-state index in [1.807, 2.05) is 0 Å². The van der Waals surface area contributed by atoms with Gasteiger partial charge in [0.25, 0.3) is 0 Å². The summed E-state index contributed by atoms with van der Waals surface area (Å²) in [5.74, 6) is -0.309. The maximum absolute atomic E-state index is 13.6. The van der Waals surface area contributed by atoms with Crippen molar-refractivity contribution in [3.05, 3.63) is 53.8 Å². The fourth-order valence-electron chi connectivity index (χ4n) is 2.29. The zero-order valence-electron chi connectivity index (χ0n) is 13.7. The predicted molar refractivity (Wildman–Crippen MR) is 93.3 cm³/mol. The molecule has 0 aliphatic heterocycles. The Bertz CT molecular complexity index is 749. The van der Waals surface area contributed by atoms with Gasteiger partial charge in [-0.05, 0) is 48.7 Å². The molecule has 0 aromatic heterocycles. The first-order valence-corrected chi connectivity index (χ1v) is 9.11. The Kier molecular flexibility index (Phi) is 6.49. The largest absolute Gasteiger partial charge is 0.494 e. The van der Waals surface area contributed by atoms with E-state index in [0.29, 0.717) is 29.8 Å². The van der Waals surface area contributed by atoms with Crippen LogP contribution < -0.4 is 10.1 Å². The number of carbonyl (C=O) groups excluding carboxylic acids is 1. The van der Waals surface area contributed by atoms with E-state index in [1.165, 1.54) is 13.2 Å². The van der Waals surface area contributed by atoms with Crippen LogP contribution >= 0.6 is 0 Å². The number of halogens is 1. The van der Waals surface area contributed by atoms with Crippen LogP contribution in [0.5, 0.6) is 5.75 Å². The van der Waals surface area contributed by atoms with Gasteiger partial charge in [-0.25, -0.2) is 4.39 Å². The fourth-order valence-corrected chi connectivity index (χ4v) is 2.86. The van der Waals surface area contributed by atoms with Crippen molar-refractivity contribution in [1.82, 2.24) is 0 Å². The molecule has 0 spiro atoms. The molecular weight excluding hydrogens is 329 g/mol. The number of hydrogen-bond acceptors (Lipinski definition) is 3. The highest BCUT2D eigenvalue weighted by atomic mass is 32.2. The summed E-state index contributed by atoms with van der Waals surface area (Å²) < 4.78 is 29.9. The number of aryl methyl sites for hydroxylation is 1. The zero-order chi connectivity index (χ0) is 17.5. The van der Waals surface area contributed by atoms with Crippen LogP contribution in [0, 0.1) is 5.82 Å². The highest BCUT2D eigenvalue weighted by Crippen LogP contribution is 2.19. The molecular formula is C18H20FNO3S. The van der Waals surface area contributed by atoms with Gasteiger partial charge in [-0.2, -0.15) is 0 Å². The van der Waals surface area contributed by atoms with Crippen LogP contribution in [0.15, 0.2) is 47.4 Å². The quantitative estimate of drug-likeness (QED) is 0.832. The molecule has 2 aromatic rings. The molecule has 24 heavy (non-hydrogen) atoms. The fraction of sp³-hybridized carbons (Fsp3) is 0.278. The molecule has 6 heteroatoms. The van der Waals surface area contributed by atoms with Crippen molar-refractivity contribution in [2.75, 3.05) is 18.7 Å². The molecule has 2 rings (SSSR count). The van der Waals surface area contributed by atoms with Gasteiger partial charge in [-0.3, -0.25) is 9.00 Å². The van der Waals surface area contributed by atoms with Crippen molar-refractivity contribution in [2.24, 2.45) is 0 Å². The van der Waals surface area contributed by atoms with E-state index in [0.717, 1.165) is 5.56 Å². The smallest absolute Gasteiger partial charge is 0.224 e. The summed E-state index contributed by atoms with van der Waals surface area (Å²) in [6, 6.07) is 11.8. The van der Waals surface area contributed by atoms with Gasteiger partial charge >= 0.3 is 0 Å². The second-order valence-corrected chi connectivity index (χ2v) is 6.73. The highest BCUT2D eigenvalue weighted by Gasteiger charge is 2.07. The zero-order valence-corrected chi connectivity index (χ0v) is 14.5. The van der Waals surface area contributed by atoms with Gasteiger partial charge in [0.1, 0.15) is 0 Å². The monoisotopic (exact) mass is 349 g/mol. The normalized spacial score (nSPS) is 11.8. The average Bonchev–Trinajstić information content (AvgIpc) is 2.55. The van der Waals surface area contributed by atoms with Crippen LogP contribution in [0.2, 0.25) is 0 Å². The molecule has 0 fully saturated rings. The molecule has 4 nitrogen and oxygen atoms in total. The lowest BCUT2D eigenvalue weighted by Crippen LogP contribution is -2.11. The standard InChI is InChI=1S/C18H20FNO3S/c1-23-17-10-9-13(11-16(17)19)5-3-8-18(21)20-14-6-4-7-15(12-14)24(2)22/h4,6-7,9-12H,3,5,8H2,1-2H3,(H,20,21)/t24-/m1/s1. The number of anilines is 1. The van der Waals surface area contributed by atoms with Crippen molar-refractivity contribution < 1.29 is 18.1 Å². The number of hydrogen-bond donors (Lipinski definition) is 1. The Morgan fingerprint density at radius 1 is 1.25 bits per heavy atom. The highest BCUT2D eigenvalue weighted by molar-refractivity contribution is 7.84. The van der Waals surface area contributed by atoms with E-state index in [4.69, 9.17) is 4.74 Å². The molecule has 0 saturated carbocycles. The summed E-state index contributed by atoms with van der Waals surface area (Å²) in [6.45, 7) is 0. The molecule has 128 valence electrons. The molecule has 0 radical (unpaired) electrons. The lowest BCUT2D eigenvalue weighted by atomic mass is 10.1. The van der Waals surface area contributed by atoms with Crippen LogP contribution in [0.3, 0.4) is 0 Å². The molecule has 1 N–H and O–H groups in total. The maximum Gasteiger partial charge on any atom is 0.224 e. The van der Waals surface area contributed by atoms with Crippen molar-refractivity contribution >= 4 is 22.4 Å². The second kappa shape index (κ2) is 8.59. The number of benzene rings is 2. The van der Waals surface area contributed by atoms with E-state index in [2.05, 4.69) is 5.32 Å². The summed E-state index contributed by atoms with van der Waals surface area (Å²) >= 11 is 0. The van der Waals surface area contributed by atoms with Gasteiger partial charge in [0.2, 0.25) is 5.91 Å². The minimum Gasteiger partial charge on any atom is -0.494 e. The SMILES string of the molecule is COc1ccc(CCCC(=O)Nc2cccc([S@@](C)=O)c2)cc1F. The third kappa shape index (κ3) is 5.16. The van der Waals surface area contributed by atoms with E-state index in [-0.39, 0.29) is 11.7 Å². The first-order chi connectivity index (χ1) is 11.5. The molecule has 1 atom stereocenters. The lowest BCUT2D eigenvalue weighted by molar-refractivity contribution is -0.116. The number of carbonyl (C=O) groups is 1. The average molecular weight is 349 g/mol. The third-order valence-corrected chi connectivity index (χ3v) is 4.45. The summed E-state index contributed by atoms with van der Waals surface area (Å²) in [4.78, 5) is 12.6. The number of nitrogens with one attached hydrogen (secondary N) is 1. The van der Waals surface area contributed by atoms with E-state index in [9.17, 15) is 13.4 Å². The number of ether oxygens (including phenoxy) is 1. The van der Waals surface area contributed by atoms with Crippen LogP contribution in [0.1, 0.15) is 18.4 Å². The Balaban J connectivity index is 1.84. The Morgan fingerprint density at radius 2 is 2.04 bits per heavy atom. The van der Waals surface area contributed by atoms with Crippen LogP contribution in [0.4, 0.5) is 10.1 Å². The minimum absolute atomic E-state index is 0.122. The van der Waals surface area contributed by atoms with E-state index < -0.39 is 16.6 Å². The molecule has 1 amide bonds. The molecule has 0 aliphatic carbocycles. The van der Waals surface area contributed by atoms with Gasteiger partial charge in [0.05, 0.1) is 7.11 Å². The lowest BCUT2D eigenvalue weighted by Gasteiger charge is -2.07. The molecule has 2 aromatic carbocycles. The Morgan fingerprint density at radius 3 is 2.71 bits per heavy atom. The van der Waals surface area contributed by atoms with Gasteiger partial charge in [0, 0.05) is 34.1 Å². The second-order valence-electron chi connectivity index (χ2n) is 5.35. The topological polar surface area (TPSA) is 55.4 Å². The predicted octanol–water partition coefficient (Wildman–Crippen LogP) is 3.53. The molecule has 0 unspecified atom stereocenters. The Labute approximate surface area is 143 Å². The van der Waals surface area contributed by atoms with E-state index in [1.54, 1.807) is 42.7 Å². The molecule has 0 bridgehead atoms. The first-order valence-electron chi connectivity index (χ1n) is 7.55. The van der Waals surface area contributed by atoms with Crippen molar-refractivity contribution in [1.29, 1.82) is 0 Å². The van der Waals surface area contributed by atoms with Gasteiger partial charge in [-0.15, -0.1) is 0 Å².